The van der Waals surface area contributed by atoms with Gasteiger partial charge in [-0.3, -0.25) is 0 Å². The fourth-order valence-corrected chi connectivity index (χ4v) is 4.69. The second kappa shape index (κ2) is 3.14. The molecule has 1 aromatic carbocycles. The van der Waals surface area contributed by atoms with Crippen molar-refractivity contribution in [1.82, 2.24) is 0 Å². The molecule has 2 saturated carbocycles. The summed E-state index contributed by atoms with van der Waals surface area (Å²) in [6.45, 7) is 2.48. The van der Waals surface area contributed by atoms with E-state index in [1.807, 2.05) is 0 Å². The molecule has 1 nitrogen and oxygen atoms in total. The van der Waals surface area contributed by atoms with Crippen LogP contribution in [-0.2, 0) is 4.74 Å². The SMILES string of the molecule is C[C@@]12CCCC[C@]13O[C@@H]3C[C@H]2c1ccccc1. The lowest BCUT2D eigenvalue weighted by Gasteiger charge is -2.42. The quantitative estimate of drug-likeness (QED) is 0.664. The first-order chi connectivity index (χ1) is 8.26. The van der Waals surface area contributed by atoms with Gasteiger partial charge in [0.15, 0.2) is 0 Å². The Morgan fingerprint density at radius 3 is 2.71 bits per heavy atom. The Labute approximate surface area is 103 Å². The average Bonchev–Trinajstić information content (AvgIpc) is 3.00. The van der Waals surface area contributed by atoms with Gasteiger partial charge < -0.3 is 4.74 Å². The van der Waals surface area contributed by atoms with Crippen molar-refractivity contribution < 1.29 is 4.74 Å². The fourth-order valence-electron chi connectivity index (χ4n) is 4.69. The Morgan fingerprint density at radius 1 is 1.12 bits per heavy atom. The Kier molecular flexibility index (Phi) is 1.87. The number of rotatable bonds is 1. The molecule has 1 aliphatic heterocycles. The first kappa shape index (κ1) is 10.1. The second-order valence-electron chi connectivity index (χ2n) is 6.32. The van der Waals surface area contributed by atoms with Gasteiger partial charge in [-0.2, -0.15) is 0 Å². The van der Waals surface area contributed by atoms with E-state index >= 15 is 0 Å². The van der Waals surface area contributed by atoms with Gasteiger partial charge in [-0.05, 0) is 30.7 Å². The lowest BCUT2D eigenvalue weighted by atomic mass is 9.63. The molecule has 90 valence electrons. The zero-order valence-electron chi connectivity index (χ0n) is 10.5. The molecule has 0 unspecified atom stereocenters. The molecule has 1 saturated heterocycles. The summed E-state index contributed by atoms with van der Waals surface area (Å²) in [5.74, 6) is 0.725. The topological polar surface area (TPSA) is 12.5 Å². The standard InChI is InChI=1S/C16H20O/c1-15-9-5-6-10-16(15)14(17-16)11-13(15)12-7-3-2-4-8-12/h2-4,7-8,13-14H,5-6,9-11H2,1H3/t13-,14+,15-,16+/m0/s1. The molecule has 4 rings (SSSR count). The third-order valence-electron chi connectivity index (χ3n) is 5.70. The van der Waals surface area contributed by atoms with E-state index in [0.29, 0.717) is 11.5 Å². The number of epoxide rings is 1. The van der Waals surface area contributed by atoms with Gasteiger partial charge in [0.2, 0.25) is 0 Å². The van der Waals surface area contributed by atoms with Gasteiger partial charge in [0.1, 0.15) is 5.60 Å². The normalized spacial score (nSPS) is 47.4. The highest BCUT2D eigenvalue weighted by molar-refractivity contribution is 5.33. The van der Waals surface area contributed by atoms with Crippen molar-refractivity contribution in [3.63, 3.8) is 0 Å². The molecular formula is C16H20O. The highest BCUT2D eigenvalue weighted by Gasteiger charge is 2.74. The maximum absolute atomic E-state index is 6.10. The first-order valence-electron chi connectivity index (χ1n) is 6.99. The molecular weight excluding hydrogens is 208 g/mol. The first-order valence-corrected chi connectivity index (χ1v) is 6.99. The Balaban J connectivity index is 1.75. The van der Waals surface area contributed by atoms with Gasteiger partial charge in [0.25, 0.3) is 0 Å². The minimum Gasteiger partial charge on any atom is -0.365 e. The summed E-state index contributed by atoms with van der Waals surface area (Å²) in [5.41, 5.74) is 2.20. The van der Waals surface area contributed by atoms with Gasteiger partial charge in [-0.15, -0.1) is 0 Å². The summed E-state index contributed by atoms with van der Waals surface area (Å²) in [6.07, 6.45) is 7.23. The van der Waals surface area contributed by atoms with E-state index in [9.17, 15) is 0 Å². The summed E-state index contributed by atoms with van der Waals surface area (Å²) in [7, 11) is 0. The van der Waals surface area contributed by atoms with Crippen LogP contribution in [0.25, 0.3) is 0 Å². The van der Waals surface area contributed by atoms with Crippen molar-refractivity contribution in [1.29, 1.82) is 0 Å². The van der Waals surface area contributed by atoms with Crippen molar-refractivity contribution >= 4 is 0 Å². The Hall–Kier alpha value is -0.820. The van der Waals surface area contributed by atoms with Crippen LogP contribution in [0.4, 0.5) is 0 Å². The van der Waals surface area contributed by atoms with Crippen molar-refractivity contribution in [3.8, 4) is 0 Å². The summed E-state index contributed by atoms with van der Waals surface area (Å²) in [6, 6.07) is 11.1. The molecule has 0 bridgehead atoms. The van der Waals surface area contributed by atoms with Gasteiger partial charge in [0.05, 0.1) is 6.10 Å². The zero-order valence-corrected chi connectivity index (χ0v) is 10.5. The van der Waals surface area contributed by atoms with Crippen LogP contribution in [0.15, 0.2) is 30.3 Å². The van der Waals surface area contributed by atoms with Crippen molar-refractivity contribution in [2.45, 2.75) is 56.7 Å². The van der Waals surface area contributed by atoms with Crippen LogP contribution in [0.3, 0.4) is 0 Å². The van der Waals surface area contributed by atoms with Crippen LogP contribution < -0.4 is 0 Å². The third kappa shape index (κ3) is 1.14. The van der Waals surface area contributed by atoms with E-state index in [1.165, 1.54) is 37.7 Å². The van der Waals surface area contributed by atoms with Gasteiger partial charge >= 0.3 is 0 Å². The number of ether oxygens (including phenoxy) is 1. The second-order valence-corrected chi connectivity index (χ2v) is 6.32. The monoisotopic (exact) mass is 228 g/mol. The molecule has 4 atom stereocenters. The molecule has 3 aliphatic rings. The molecule has 2 aliphatic carbocycles. The molecule has 17 heavy (non-hydrogen) atoms. The molecule has 3 fully saturated rings. The molecule has 1 heteroatoms. The minimum absolute atomic E-state index is 0.270. The predicted molar refractivity (Wildman–Crippen MR) is 68.0 cm³/mol. The van der Waals surface area contributed by atoms with Gasteiger partial charge in [0, 0.05) is 5.41 Å². The van der Waals surface area contributed by atoms with Crippen molar-refractivity contribution in [2.24, 2.45) is 5.41 Å². The van der Waals surface area contributed by atoms with Crippen LogP contribution in [0.1, 0.15) is 50.5 Å². The Morgan fingerprint density at radius 2 is 1.88 bits per heavy atom. The molecule has 0 amide bonds. The van der Waals surface area contributed by atoms with Crippen LogP contribution in [0.5, 0.6) is 0 Å². The predicted octanol–water partition coefficient (Wildman–Crippen LogP) is 3.89. The van der Waals surface area contributed by atoms with Gasteiger partial charge in [-0.25, -0.2) is 0 Å². The summed E-state index contributed by atoms with van der Waals surface area (Å²) < 4.78 is 6.10. The van der Waals surface area contributed by atoms with E-state index in [2.05, 4.69) is 37.3 Å². The third-order valence-corrected chi connectivity index (χ3v) is 5.70. The average molecular weight is 228 g/mol. The smallest absolute Gasteiger partial charge is 0.101 e. The van der Waals surface area contributed by atoms with E-state index in [1.54, 1.807) is 0 Å². The molecule has 0 N–H and O–H groups in total. The maximum atomic E-state index is 6.10. The largest absolute Gasteiger partial charge is 0.365 e. The number of hydrogen-bond acceptors (Lipinski definition) is 1. The van der Waals surface area contributed by atoms with Crippen LogP contribution in [0, 0.1) is 5.41 Å². The highest BCUT2D eigenvalue weighted by atomic mass is 16.6. The van der Waals surface area contributed by atoms with E-state index in [-0.39, 0.29) is 5.60 Å². The molecule has 1 aromatic rings. The maximum Gasteiger partial charge on any atom is 0.101 e. The molecule has 1 heterocycles. The summed E-state index contributed by atoms with van der Waals surface area (Å²) in [5, 5.41) is 0. The minimum atomic E-state index is 0.270. The fraction of sp³-hybridized carbons (Fsp3) is 0.625. The number of hydrogen-bond donors (Lipinski definition) is 0. The van der Waals surface area contributed by atoms with E-state index in [4.69, 9.17) is 4.74 Å². The highest BCUT2D eigenvalue weighted by Crippen LogP contribution is 2.71. The lowest BCUT2D eigenvalue weighted by molar-refractivity contribution is 0.0390. The lowest BCUT2D eigenvalue weighted by Crippen LogP contribution is -2.40. The van der Waals surface area contributed by atoms with Crippen LogP contribution >= 0.6 is 0 Å². The van der Waals surface area contributed by atoms with Crippen LogP contribution in [-0.4, -0.2) is 11.7 Å². The van der Waals surface area contributed by atoms with E-state index in [0.717, 1.165) is 5.92 Å². The zero-order chi connectivity index (χ0) is 11.5. The van der Waals surface area contributed by atoms with Crippen molar-refractivity contribution in [2.75, 3.05) is 0 Å². The summed E-state index contributed by atoms with van der Waals surface area (Å²) >= 11 is 0. The van der Waals surface area contributed by atoms with Gasteiger partial charge in [-0.1, -0.05) is 50.1 Å². The molecule has 0 aromatic heterocycles. The van der Waals surface area contributed by atoms with E-state index < -0.39 is 0 Å². The van der Waals surface area contributed by atoms with Crippen molar-refractivity contribution in [3.05, 3.63) is 35.9 Å². The molecule has 1 spiro atoms. The number of benzene rings is 1. The molecule has 0 radical (unpaired) electrons. The summed E-state index contributed by atoms with van der Waals surface area (Å²) in [4.78, 5) is 0. The Bertz CT molecular complexity index is 440. The van der Waals surface area contributed by atoms with Crippen LogP contribution in [0.2, 0.25) is 0 Å².